The summed E-state index contributed by atoms with van der Waals surface area (Å²) >= 11 is 0. The van der Waals surface area contributed by atoms with Crippen molar-refractivity contribution in [1.82, 2.24) is 19.9 Å². The molecule has 0 saturated carbocycles. The van der Waals surface area contributed by atoms with Gasteiger partial charge in [-0.3, -0.25) is 9.98 Å². The molecule has 2 N–H and O–H groups in total. The third kappa shape index (κ3) is 6.06. The van der Waals surface area contributed by atoms with Crippen LogP contribution in [0.4, 0.5) is 13.2 Å². The Kier molecular flexibility index (Phi) is 7.42. The minimum atomic E-state index is -5.24. The Hall–Kier alpha value is -1.88. The Morgan fingerprint density at radius 2 is 2.00 bits per heavy atom. The van der Waals surface area contributed by atoms with E-state index in [2.05, 4.69) is 20.6 Å². The van der Waals surface area contributed by atoms with Crippen LogP contribution in [0.1, 0.15) is 18.5 Å². The third-order valence-electron chi connectivity index (χ3n) is 4.39. The highest BCUT2D eigenvalue weighted by molar-refractivity contribution is 7.90. The summed E-state index contributed by atoms with van der Waals surface area (Å²) in [7, 11) is -3.59. The fourth-order valence-electron chi connectivity index (χ4n) is 2.82. The molecule has 0 bridgehead atoms. The lowest BCUT2D eigenvalue weighted by Crippen LogP contribution is -2.47. The van der Waals surface area contributed by atoms with E-state index in [0.717, 1.165) is 12.1 Å². The Morgan fingerprint density at radius 1 is 1.30 bits per heavy atom. The van der Waals surface area contributed by atoms with Gasteiger partial charge < -0.3 is 10.6 Å². The molecular weight excluding hydrogens is 383 g/mol. The molecule has 2 heterocycles. The van der Waals surface area contributed by atoms with Crippen LogP contribution in [0, 0.1) is 5.92 Å². The summed E-state index contributed by atoms with van der Waals surface area (Å²) in [5, 5.41) is 6.29. The highest BCUT2D eigenvalue weighted by Gasteiger charge is 2.50. The van der Waals surface area contributed by atoms with Gasteiger partial charge in [-0.25, -0.2) is 8.42 Å². The summed E-state index contributed by atoms with van der Waals surface area (Å²) in [5.41, 5.74) is -4.28. The van der Waals surface area contributed by atoms with Crippen molar-refractivity contribution in [2.75, 3.05) is 33.2 Å². The van der Waals surface area contributed by atoms with E-state index in [1.807, 2.05) is 18.2 Å². The lowest BCUT2D eigenvalue weighted by Gasteiger charge is -2.31. The maximum absolute atomic E-state index is 12.6. The number of hydrogen-bond donors (Lipinski definition) is 2. The minimum Gasteiger partial charge on any atom is -0.356 e. The molecule has 1 saturated heterocycles. The standard InChI is InChI=1S/C16H24F3N5O2S/c1-20-15(22-9-5-14-4-2-3-8-21-14)23-12-13-6-10-24(11-7-13)27(25,26)16(17,18)19/h2-4,8,13H,5-7,9-12H2,1H3,(H2,20,22,23). The topological polar surface area (TPSA) is 86.7 Å². The van der Waals surface area contributed by atoms with Crippen molar-refractivity contribution in [3.05, 3.63) is 30.1 Å². The van der Waals surface area contributed by atoms with Crippen LogP contribution in [0.2, 0.25) is 0 Å². The summed E-state index contributed by atoms with van der Waals surface area (Å²) < 4.78 is 61.1. The molecule has 152 valence electrons. The molecule has 1 aliphatic rings. The summed E-state index contributed by atoms with van der Waals surface area (Å²) in [6, 6.07) is 5.70. The van der Waals surface area contributed by atoms with E-state index < -0.39 is 15.5 Å². The monoisotopic (exact) mass is 407 g/mol. The van der Waals surface area contributed by atoms with Crippen LogP contribution in [0.25, 0.3) is 0 Å². The first-order chi connectivity index (χ1) is 12.7. The first-order valence-electron chi connectivity index (χ1n) is 8.65. The van der Waals surface area contributed by atoms with Crippen molar-refractivity contribution in [2.24, 2.45) is 10.9 Å². The summed E-state index contributed by atoms with van der Waals surface area (Å²) in [4.78, 5) is 8.34. The fraction of sp³-hybridized carbons (Fsp3) is 0.625. The average Bonchev–Trinajstić information content (AvgIpc) is 2.65. The SMILES string of the molecule is CN=C(NCCc1ccccn1)NCC1CCN(S(=O)(=O)C(F)(F)F)CC1. The molecule has 0 atom stereocenters. The smallest absolute Gasteiger partial charge is 0.356 e. The Balaban J connectivity index is 1.72. The number of pyridine rings is 1. The zero-order valence-electron chi connectivity index (χ0n) is 15.0. The van der Waals surface area contributed by atoms with E-state index in [4.69, 9.17) is 0 Å². The van der Waals surface area contributed by atoms with Crippen molar-refractivity contribution in [3.63, 3.8) is 0 Å². The zero-order chi connectivity index (χ0) is 19.9. The molecule has 2 rings (SSSR count). The van der Waals surface area contributed by atoms with Gasteiger partial charge in [0.1, 0.15) is 0 Å². The van der Waals surface area contributed by atoms with Gasteiger partial charge in [0.2, 0.25) is 0 Å². The number of sulfonamides is 1. The number of nitrogens with zero attached hydrogens (tertiary/aromatic N) is 3. The number of piperidine rings is 1. The molecule has 11 heteroatoms. The Labute approximate surface area is 157 Å². The molecule has 0 spiro atoms. The van der Waals surface area contributed by atoms with Crippen molar-refractivity contribution in [2.45, 2.75) is 24.8 Å². The number of halogens is 3. The molecular formula is C16H24F3N5O2S. The van der Waals surface area contributed by atoms with Crippen molar-refractivity contribution >= 4 is 16.0 Å². The number of alkyl halides is 3. The highest BCUT2D eigenvalue weighted by atomic mass is 32.2. The van der Waals surface area contributed by atoms with Crippen molar-refractivity contribution < 1.29 is 21.6 Å². The lowest BCUT2D eigenvalue weighted by atomic mass is 9.98. The average molecular weight is 407 g/mol. The van der Waals surface area contributed by atoms with Gasteiger partial charge in [0.25, 0.3) is 0 Å². The third-order valence-corrected chi connectivity index (χ3v) is 6.02. The first kappa shape index (κ1) is 21.4. The second-order valence-electron chi connectivity index (χ2n) is 6.24. The highest BCUT2D eigenvalue weighted by Crippen LogP contribution is 2.30. The van der Waals surface area contributed by atoms with Crippen LogP contribution < -0.4 is 10.6 Å². The van der Waals surface area contributed by atoms with Gasteiger partial charge in [-0.1, -0.05) is 6.07 Å². The number of guanidine groups is 1. The normalized spacial score (nSPS) is 17.7. The lowest BCUT2D eigenvalue weighted by molar-refractivity contribution is -0.0496. The van der Waals surface area contributed by atoms with Crippen LogP contribution >= 0.6 is 0 Å². The molecule has 1 aromatic heterocycles. The number of nitrogens with one attached hydrogen (secondary N) is 2. The van der Waals surface area contributed by atoms with Crippen molar-refractivity contribution in [1.29, 1.82) is 0 Å². The van der Waals surface area contributed by atoms with Crippen LogP contribution in [0.5, 0.6) is 0 Å². The Morgan fingerprint density at radius 3 is 2.56 bits per heavy atom. The molecule has 0 radical (unpaired) electrons. The van der Waals surface area contributed by atoms with Crippen LogP contribution in [-0.4, -0.2) is 62.4 Å². The van der Waals surface area contributed by atoms with Crippen LogP contribution in [-0.2, 0) is 16.4 Å². The Bertz CT molecular complexity index is 717. The number of rotatable bonds is 6. The van der Waals surface area contributed by atoms with Crippen LogP contribution in [0.15, 0.2) is 29.4 Å². The maximum atomic E-state index is 12.6. The van der Waals surface area contributed by atoms with Gasteiger partial charge in [-0.15, -0.1) is 0 Å². The largest absolute Gasteiger partial charge is 0.511 e. The molecule has 7 nitrogen and oxygen atoms in total. The summed E-state index contributed by atoms with van der Waals surface area (Å²) in [5.74, 6) is 0.676. The molecule has 0 unspecified atom stereocenters. The molecule has 1 aromatic rings. The number of aromatic nitrogens is 1. The molecule has 27 heavy (non-hydrogen) atoms. The van der Waals surface area contributed by atoms with Gasteiger partial charge in [-0.2, -0.15) is 17.5 Å². The van der Waals surface area contributed by atoms with E-state index in [1.54, 1.807) is 13.2 Å². The summed E-state index contributed by atoms with van der Waals surface area (Å²) in [6.45, 7) is 0.905. The summed E-state index contributed by atoms with van der Waals surface area (Å²) in [6.07, 6.45) is 3.20. The van der Waals surface area contributed by atoms with Crippen LogP contribution in [0.3, 0.4) is 0 Å². The van der Waals surface area contributed by atoms with Gasteiger partial charge >= 0.3 is 15.5 Å². The van der Waals surface area contributed by atoms with Gasteiger partial charge in [0.15, 0.2) is 5.96 Å². The number of aliphatic imine (C=N–C) groups is 1. The fourth-order valence-corrected chi connectivity index (χ4v) is 3.80. The molecule has 0 aliphatic carbocycles. The predicted molar refractivity (Wildman–Crippen MR) is 96.6 cm³/mol. The van der Waals surface area contributed by atoms with E-state index in [-0.39, 0.29) is 19.0 Å². The van der Waals surface area contributed by atoms with E-state index in [9.17, 15) is 21.6 Å². The van der Waals surface area contributed by atoms with Gasteiger partial charge in [0, 0.05) is 51.5 Å². The van der Waals surface area contributed by atoms with Gasteiger partial charge in [-0.05, 0) is 30.9 Å². The van der Waals surface area contributed by atoms with Gasteiger partial charge in [0.05, 0.1) is 0 Å². The second kappa shape index (κ2) is 9.36. The molecule has 0 amide bonds. The van der Waals surface area contributed by atoms with E-state index in [0.29, 0.717) is 36.2 Å². The minimum absolute atomic E-state index is 0.0824. The van der Waals surface area contributed by atoms with E-state index in [1.165, 1.54) is 0 Å². The maximum Gasteiger partial charge on any atom is 0.511 e. The zero-order valence-corrected chi connectivity index (χ0v) is 15.9. The number of hydrogen-bond acceptors (Lipinski definition) is 4. The quantitative estimate of drug-likeness (QED) is 0.549. The predicted octanol–water partition coefficient (Wildman–Crippen LogP) is 1.35. The van der Waals surface area contributed by atoms with Crippen molar-refractivity contribution in [3.8, 4) is 0 Å². The molecule has 1 aliphatic heterocycles. The molecule has 1 fully saturated rings. The second-order valence-corrected chi connectivity index (χ2v) is 8.17. The van der Waals surface area contributed by atoms with E-state index >= 15 is 0 Å². The molecule has 0 aromatic carbocycles. The first-order valence-corrected chi connectivity index (χ1v) is 10.1.